The van der Waals surface area contributed by atoms with Crippen molar-refractivity contribution in [2.24, 2.45) is 0 Å². The molecule has 4 nitrogen and oxygen atoms in total. The SMILES string of the molecule is O=[N+]([O-])c1cc(Br)ccc1-c1ccccn1. The topological polar surface area (TPSA) is 56.0 Å². The van der Waals surface area contributed by atoms with Crippen molar-refractivity contribution in [1.82, 2.24) is 4.98 Å². The summed E-state index contributed by atoms with van der Waals surface area (Å²) in [4.78, 5) is 14.6. The zero-order chi connectivity index (χ0) is 11.5. The molecule has 0 aliphatic rings. The van der Waals surface area contributed by atoms with Gasteiger partial charge in [-0.25, -0.2) is 0 Å². The van der Waals surface area contributed by atoms with E-state index in [2.05, 4.69) is 20.9 Å². The predicted molar refractivity (Wildman–Crippen MR) is 64.0 cm³/mol. The summed E-state index contributed by atoms with van der Waals surface area (Å²) in [5.41, 5.74) is 1.17. The van der Waals surface area contributed by atoms with Crippen LogP contribution in [0.25, 0.3) is 11.3 Å². The predicted octanol–water partition coefficient (Wildman–Crippen LogP) is 3.42. The second kappa shape index (κ2) is 4.40. The van der Waals surface area contributed by atoms with E-state index < -0.39 is 4.92 Å². The van der Waals surface area contributed by atoms with E-state index in [9.17, 15) is 10.1 Å². The van der Waals surface area contributed by atoms with Gasteiger partial charge in [0.05, 0.1) is 16.2 Å². The van der Waals surface area contributed by atoms with Crippen molar-refractivity contribution in [2.45, 2.75) is 0 Å². The Morgan fingerprint density at radius 3 is 2.69 bits per heavy atom. The Bertz CT molecular complexity index is 529. The Balaban J connectivity index is 2.61. The van der Waals surface area contributed by atoms with Crippen LogP contribution >= 0.6 is 15.9 Å². The average molecular weight is 279 g/mol. The summed E-state index contributed by atoms with van der Waals surface area (Å²) in [6.07, 6.45) is 1.61. The van der Waals surface area contributed by atoms with Gasteiger partial charge in [-0.3, -0.25) is 15.1 Å². The van der Waals surface area contributed by atoms with Gasteiger partial charge in [-0.15, -0.1) is 0 Å². The lowest BCUT2D eigenvalue weighted by Crippen LogP contribution is -1.93. The fourth-order valence-corrected chi connectivity index (χ4v) is 1.74. The highest BCUT2D eigenvalue weighted by Crippen LogP contribution is 2.30. The van der Waals surface area contributed by atoms with Gasteiger partial charge in [0.1, 0.15) is 0 Å². The number of nitro benzene ring substituents is 1. The van der Waals surface area contributed by atoms with Crippen LogP contribution in [0.4, 0.5) is 5.69 Å². The summed E-state index contributed by atoms with van der Waals surface area (Å²) < 4.78 is 0.680. The molecule has 0 atom stereocenters. The van der Waals surface area contributed by atoms with Gasteiger partial charge in [-0.2, -0.15) is 0 Å². The van der Waals surface area contributed by atoms with E-state index in [0.717, 1.165) is 0 Å². The van der Waals surface area contributed by atoms with Gasteiger partial charge in [0.15, 0.2) is 0 Å². The van der Waals surface area contributed by atoms with E-state index in [0.29, 0.717) is 15.7 Å². The highest BCUT2D eigenvalue weighted by molar-refractivity contribution is 9.10. The average Bonchev–Trinajstić information content (AvgIpc) is 2.30. The summed E-state index contributed by atoms with van der Waals surface area (Å²) in [6.45, 7) is 0. The van der Waals surface area contributed by atoms with Crippen molar-refractivity contribution in [3.05, 3.63) is 57.2 Å². The molecular weight excluding hydrogens is 272 g/mol. The minimum Gasteiger partial charge on any atom is -0.258 e. The van der Waals surface area contributed by atoms with Crippen LogP contribution in [0.3, 0.4) is 0 Å². The third kappa shape index (κ3) is 2.09. The van der Waals surface area contributed by atoms with Crippen LogP contribution in [0, 0.1) is 10.1 Å². The van der Waals surface area contributed by atoms with Gasteiger partial charge >= 0.3 is 0 Å². The molecule has 0 aliphatic carbocycles. The normalized spacial score (nSPS) is 10.1. The van der Waals surface area contributed by atoms with Gasteiger partial charge in [-0.1, -0.05) is 22.0 Å². The minimum absolute atomic E-state index is 0.0491. The van der Waals surface area contributed by atoms with Crippen LogP contribution in [-0.2, 0) is 0 Å². The second-order valence-electron chi connectivity index (χ2n) is 3.13. The maximum Gasteiger partial charge on any atom is 0.279 e. The standard InChI is InChI=1S/C11H7BrN2O2/c12-8-4-5-9(11(7-8)14(15)16)10-3-1-2-6-13-10/h1-7H. The Hall–Kier alpha value is -1.75. The molecule has 5 heteroatoms. The fraction of sp³-hybridized carbons (Fsp3) is 0. The van der Waals surface area contributed by atoms with Gasteiger partial charge < -0.3 is 0 Å². The van der Waals surface area contributed by atoms with Crippen molar-refractivity contribution in [2.75, 3.05) is 0 Å². The number of hydrogen-bond donors (Lipinski definition) is 0. The fourth-order valence-electron chi connectivity index (χ4n) is 1.39. The molecule has 0 spiro atoms. The van der Waals surface area contributed by atoms with Gasteiger partial charge in [-0.05, 0) is 24.3 Å². The molecule has 0 aliphatic heterocycles. The first-order valence-corrected chi connectivity index (χ1v) is 5.33. The van der Waals surface area contributed by atoms with Crippen molar-refractivity contribution >= 4 is 21.6 Å². The van der Waals surface area contributed by atoms with Gasteiger partial charge in [0, 0.05) is 16.7 Å². The van der Waals surface area contributed by atoms with Crippen LogP contribution in [0.15, 0.2) is 47.1 Å². The summed E-state index contributed by atoms with van der Waals surface area (Å²) in [7, 11) is 0. The molecule has 1 heterocycles. The summed E-state index contributed by atoms with van der Waals surface area (Å²) in [6, 6.07) is 10.2. The Kier molecular flexibility index (Phi) is 2.96. The number of hydrogen-bond acceptors (Lipinski definition) is 3. The van der Waals surface area contributed by atoms with Crippen molar-refractivity contribution in [1.29, 1.82) is 0 Å². The Morgan fingerprint density at radius 2 is 2.06 bits per heavy atom. The van der Waals surface area contributed by atoms with E-state index in [4.69, 9.17) is 0 Å². The third-order valence-electron chi connectivity index (χ3n) is 2.10. The lowest BCUT2D eigenvalue weighted by Gasteiger charge is -2.02. The molecule has 0 N–H and O–H groups in total. The third-order valence-corrected chi connectivity index (χ3v) is 2.59. The lowest BCUT2D eigenvalue weighted by molar-refractivity contribution is -0.384. The number of nitro groups is 1. The maximum absolute atomic E-state index is 10.9. The van der Waals surface area contributed by atoms with E-state index in [1.807, 2.05) is 0 Å². The van der Waals surface area contributed by atoms with E-state index in [1.54, 1.807) is 36.5 Å². The van der Waals surface area contributed by atoms with Crippen molar-refractivity contribution in [3.8, 4) is 11.3 Å². The molecule has 2 rings (SSSR count). The molecule has 0 amide bonds. The molecule has 16 heavy (non-hydrogen) atoms. The molecule has 0 bridgehead atoms. The van der Waals surface area contributed by atoms with Crippen LogP contribution < -0.4 is 0 Å². The van der Waals surface area contributed by atoms with Gasteiger partial charge in [0.2, 0.25) is 0 Å². The molecule has 1 aromatic heterocycles. The summed E-state index contributed by atoms with van der Waals surface area (Å²) in [5, 5.41) is 10.9. The van der Waals surface area contributed by atoms with E-state index in [-0.39, 0.29) is 5.69 Å². The van der Waals surface area contributed by atoms with Crippen LogP contribution in [0.1, 0.15) is 0 Å². The lowest BCUT2D eigenvalue weighted by atomic mass is 10.1. The van der Waals surface area contributed by atoms with Crippen molar-refractivity contribution in [3.63, 3.8) is 0 Å². The highest BCUT2D eigenvalue weighted by Gasteiger charge is 2.15. The first kappa shape index (κ1) is 10.8. The molecule has 0 unspecified atom stereocenters. The maximum atomic E-state index is 10.9. The Morgan fingerprint density at radius 1 is 1.25 bits per heavy atom. The Labute approximate surface area is 100 Å². The molecular formula is C11H7BrN2O2. The van der Waals surface area contributed by atoms with Crippen LogP contribution in [0.2, 0.25) is 0 Å². The number of pyridine rings is 1. The molecule has 1 aromatic carbocycles. The quantitative estimate of drug-likeness (QED) is 0.625. The zero-order valence-electron chi connectivity index (χ0n) is 8.13. The first-order chi connectivity index (χ1) is 7.68. The first-order valence-electron chi connectivity index (χ1n) is 4.54. The molecule has 2 aromatic rings. The molecule has 0 fully saturated rings. The number of nitrogens with zero attached hydrogens (tertiary/aromatic N) is 2. The number of rotatable bonds is 2. The van der Waals surface area contributed by atoms with Crippen LogP contribution in [0.5, 0.6) is 0 Å². The number of benzene rings is 1. The summed E-state index contributed by atoms with van der Waals surface area (Å²) in [5.74, 6) is 0. The smallest absolute Gasteiger partial charge is 0.258 e. The minimum atomic E-state index is -0.408. The molecule has 0 saturated carbocycles. The van der Waals surface area contributed by atoms with Gasteiger partial charge in [0.25, 0.3) is 5.69 Å². The van der Waals surface area contributed by atoms with E-state index >= 15 is 0 Å². The highest BCUT2D eigenvalue weighted by atomic mass is 79.9. The summed E-state index contributed by atoms with van der Waals surface area (Å²) >= 11 is 3.21. The van der Waals surface area contributed by atoms with Crippen molar-refractivity contribution < 1.29 is 4.92 Å². The zero-order valence-corrected chi connectivity index (χ0v) is 9.72. The van der Waals surface area contributed by atoms with Crippen LogP contribution in [-0.4, -0.2) is 9.91 Å². The molecule has 80 valence electrons. The molecule has 0 saturated heterocycles. The molecule has 0 radical (unpaired) electrons. The monoisotopic (exact) mass is 278 g/mol. The second-order valence-corrected chi connectivity index (χ2v) is 4.05. The number of halogens is 1. The largest absolute Gasteiger partial charge is 0.279 e. The number of aromatic nitrogens is 1. The van der Waals surface area contributed by atoms with E-state index in [1.165, 1.54) is 6.07 Å².